The molecule has 10 heteroatoms. The maximum atomic E-state index is 12.8. The first kappa shape index (κ1) is 22.2. The average Bonchev–Trinajstić information content (AvgIpc) is 3.48. The number of carbonyl (C=O) groups is 1. The van der Waals surface area contributed by atoms with Crippen LogP contribution < -0.4 is 5.32 Å². The first-order valence-electron chi connectivity index (χ1n) is 10.5. The molecular weight excluding hydrogens is 430 g/mol. The van der Waals surface area contributed by atoms with Crippen LogP contribution in [0.4, 0.5) is 5.69 Å². The van der Waals surface area contributed by atoms with E-state index in [0.29, 0.717) is 30.5 Å². The lowest BCUT2D eigenvalue weighted by molar-refractivity contribution is 0.101. The molecule has 170 valence electrons. The van der Waals surface area contributed by atoms with E-state index in [1.807, 2.05) is 20.8 Å². The Bertz CT molecular complexity index is 1230. The summed E-state index contributed by atoms with van der Waals surface area (Å²) in [5.41, 5.74) is 1.36. The Kier molecular flexibility index (Phi) is 5.68. The fourth-order valence-electron chi connectivity index (χ4n) is 3.52. The molecule has 1 aliphatic rings. The monoisotopic (exact) mass is 457 g/mol. The summed E-state index contributed by atoms with van der Waals surface area (Å²) in [5.74, 6) is 0.637. The maximum Gasteiger partial charge on any atom is 0.272 e. The molecule has 0 saturated carbocycles. The van der Waals surface area contributed by atoms with Crippen molar-refractivity contribution in [2.24, 2.45) is 7.05 Å². The van der Waals surface area contributed by atoms with Crippen molar-refractivity contribution in [3.05, 3.63) is 48.1 Å². The van der Waals surface area contributed by atoms with Gasteiger partial charge in [0.2, 0.25) is 21.7 Å². The van der Waals surface area contributed by atoms with Crippen LogP contribution in [0.1, 0.15) is 50.0 Å². The summed E-state index contributed by atoms with van der Waals surface area (Å²) in [5, 5.41) is 6.83. The number of aromatic nitrogens is 3. The van der Waals surface area contributed by atoms with Crippen LogP contribution in [0, 0.1) is 0 Å². The van der Waals surface area contributed by atoms with E-state index >= 15 is 0 Å². The molecule has 3 heterocycles. The van der Waals surface area contributed by atoms with Gasteiger partial charge < -0.3 is 14.4 Å². The number of sulfonamides is 1. The third-order valence-electron chi connectivity index (χ3n) is 5.38. The van der Waals surface area contributed by atoms with Gasteiger partial charge in [-0.2, -0.15) is 9.29 Å². The summed E-state index contributed by atoms with van der Waals surface area (Å²) in [4.78, 5) is 17.3. The van der Waals surface area contributed by atoms with Crippen LogP contribution in [0.5, 0.6) is 0 Å². The minimum atomic E-state index is -3.58. The number of anilines is 1. The minimum absolute atomic E-state index is 0.133. The Morgan fingerprint density at radius 2 is 1.78 bits per heavy atom. The number of nitrogens with zero attached hydrogens (tertiary/aromatic N) is 4. The number of hydrogen-bond acceptors (Lipinski definition) is 6. The largest absolute Gasteiger partial charge is 0.345 e. The molecule has 9 nitrogen and oxygen atoms in total. The lowest BCUT2D eigenvalue weighted by Gasteiger charge is -2.13. The van der Waals surface area contributed by atoms with Gasteiger partial charge in [-0.05, 0) is 43.2 Å². The van der Waals surface area contributed by atoms with Crippen molar-refractivity contribution < 1.29 is 17.7 Å². The molecule has 4 rings (SSSR count). The molecule has 0 unspecified atom stereocenters. The molecule has 1 aromatic carbocycles. The Morgan fingerprint density at radius 3 is 2.38 bits per heavy atom. The summed E-state index contributed by atoms with van der Waals surface area (Å²) in [6.07, 6.45) is 3.20. The van der Waals surface area contributed by atoms with E-state index in [4.69, 9.17) is 4.52 Å². The zero-order chi connectivity index (χ0) is 23.1. The number of hydrogen-bond donors (Lipinski definition) is 1. The van der Waals surface area contributed by atoms with Gasteiger partial charge in [-0.15, -0.1) is 0 Å². The van der Waals surface area contributed by atoms with Crippen molar-refractivity contribution in [3.63, 3.8) is 0 Å². The van der Waals surface area contributed by atoms with Gasteiger partial charge in [0.1, 0.15) is 10.6 Å². The topological polar surface area (TPSA) is 110 Å². The number of benzene rings is 1. The van der Waals surface area contributed by atoms with Crippen molar-refractivity contribution in [1.29, 1.82) is 0 Å². The third kappa shape index (κ3) is 4.33. The third-order valence-corrected chi connectivity index (χ3v) is 7.25. The summed E-state index contributed by atoms with van der Waals surface area (Å²) in [6.45, 7) is 7.02. The van der Waals surface area contributed by atoms with Crippen LogP contribution in [-0.2, 0) is 22.5 Å². The van der Waals surface area contributed by atoms with Gasteiger partial charge >= 0.3 is 0 Å². The molecule has 0 spiro atoms. The van der Waals surface area contributed by atoms with E-state index < -0.39 is 15.9 Å². The Balaban J connectivity index is 1.49. The first-order chi connectivity index (χ1) is 15.1. The van der Waals surface area contributed by atoms with Crippen LogP contribution in [0.3, 0.4) is 0 Å². The highest BCUT2D eigenvalue weighted by molar-refractivity contribution is 7.89. The van der Waals surface area contributed by atoms with Crippen LogP contribution in [-0.4, -0.2) is 46.4 Å². The quantitative estimate of drug-likeness (QED) is 0.629. The molecule has 32 heavy (non-hydrogen) atoms. The first-order valence-corrected chi connectivity index (χ1v) is 11.9. The average molecular weight is 458 g/mol. The molecule has 1 aliphatic heterocycles. The SMILES string of the molecule is Cn1cc(S(=O)(=O)N2CCCC2)cc1C(=O)Nc1ccc(-c2noc(C(C)(C)C)n2)cc1. The van der Waals surface area contributed by atoms with Gasteiger partial charge in [0.05, 0.1) is 0 Å². The second kappa shape index (κ2) is 8.18. The summed E-state index contributed by atoms with van der Waals surface area (Å²) in [6, 6.07) is 8.49. The van der Waals surface area contributed by atoms with Gasteiger partial charge in [-0.1, -0.05) is 25.9 Å². The van der Waals surface area contributed by atoms with E-state index in [-0.39, 0.29) is 16.0 Å². The molecule has 1 fully saturated rings. The molecular formula is C22H27N5O4S. The summed E-state index contributed by atoms with van der Waals surface area (Å²) >= 11 is 0. The van der Waals surface area contributed by atoms with Crippen LogP contribution in [0.15, 0.2) is 45.9 Å². The number of rotatable bonds is 5. The highest BCUT2D eigenvalue weighted by Gasteiger charge is 2.29. The second-order valence-electron chi connectivity index (χ2n) is 8.99. The molecule has 3 aromatic rings. The fourth-order valence-corrected chi connectivity index (χ4v) is 5.11. The minimum Gasteiger partial charge on any atom is -0.345 e. The zero-order valence-electron chi connectivity index (χ0n) is 18.6. The molecule has 1 amide bonds. The lowest BCUT2D eigenvalue weighted by atomic mass is 9.97. The maximum absolute atomic E-state index is 12.8. The molecule has 0 radical (unpaired) electrons. The Morgan fingerprint density at radius 1 is 1.12 bits per heavy atom. The standard InChI is InChI=1S/C22H27N5O4S/c1-22(2,3)21-24-19(25-31-21)15-7-9-16(10-8-15)23-20(28)18-13-17(14-26(18)4)32(29,30)27-11-5-6-12-27/h7-10,13-14H,5-6,11-12H2,1-4H3,(H,23,28). The molecule has 2 aromatic heterocycles. The lowest BCUT2D eigenvalue weighted by Crippen LogP contribution is -2.27. The highest BCUT2D eigenvalue weighted by atomic mass is 32.2. The van der Waals surface area contributed by atoms with Crippen molar-refractivity contribution in [2.45, 2.75) is 43.9 Å². The number of nitrogens with one attached hydrogen (secondary N) is 1. The van der Waals surface area contributed by atoms with Gasteiger partial charge in [0.15, 0.2) is 0 Å². The van der Waals surface area contributed by atoms with E-state index in [2.05, 4.69) is 15.5 Å². The van der Waals surface area contributed by atoms with E-state index in [1.165, 1.54) is 21.1 Å². The van der Waals surface area contributed by atoms with Crippen LogP contribution >= 0.6 is 0 Å². The predicted octanol–water partition coefficient (Wildman–Crippen LogP) is 3.41. The van der Waals surface area contributed by atoms with E-state index in [9.17, 15) is 13.2 Å². The predicted molar refractivity (Wildman–Crippen MR) is 120 cm³/mol. The Labute approximate surface area is 187 Å². The molecule has 0 atom stereocenters. The molecule has 1 saturated heterocycles. The number of amides is 1. The Hall–Kier alpha value is -2.98. The van der Waals surface area contributed by atoms with Crippen LogP contribution in [0.25, 0.3) is 11.4 Å². The molecule has 0 aliphatic carbocycles. The van der Waals surface area contributed by atoms with Gasteiger partial charge in [0.25, 0.3) is 5.91 Å². The summed E-state index contributed by atoms with van der Waals surface area (Å²) < 4.78 is 33.9. The van der Waals surface area contributed by atoms with Gasteiger partial charge in [-0.25, -0.2) is 8.42 Å². The summed E-state index contributed by atoms with van der Waals surface area (Å²) in [7, 11) is -1.93. The van der Waals surface area contributed by atoms with Gasteiger partial charge in [0, 0.05) is 43.0 Å². The van der Waals surface area contributed by atoms with Crippen molar-refractivity contribution in [2.75, 3.05) is 18.4 Å². The van der Waals surface area contributed by atoms with Crippen molar-refractivity contribution in [3.8, 4) is 11.4 Å². The zero-order valence-corrected chi connectivity index (χ0v) is 19.4. The van der Waals surface area contributed by atoms with Crippen LogP contribution in [0.2, 0.25) is 0 Å². The second-order valence-corrected chi connectivity index (χ2v) is 10.9. The van der Waals surface area contributed by atoms with E-state index in [0.717, 1.165) is 18.4 Å². The number of carbonyl (C=O) groups excluding carboxylic acids is 1. The van der Waals surface area contributed by atoms with E-state index in [1.54, 1.807) is 31.3 Å². The highest BCUT2D eigenvalue weighted by Crippen LogP contribution is 2.26. The fraction of sp³-hybridized carbons (Fsp3) is 0.409. The normalized spacial score (nSPS) is 15.2. The van der Waals surface area contributed by atoms with Crippen molar-refractivity contribution >= 4 is 21.6 Å². The smallest absolute Gasteiger partial charge is 0.272 e. The molecule has 0 bridgehead atoms. The van der Waals surface area contributed by atoms with Crippen molar-refractivity contribution in [1.82, 2.24) is 19.0 Å². The number of aryl methyl sites for hydroxylation is 1. The van der Waals surface area contributed by atoms with Gasteiger partial charge in [-0.3, -0.25) is 4.79 Å². The molecule has 1 N–H and O–H groups in total.